The summed E-state index contributed by atoms with van der Waals surface area (Å²) in [6, 6.07) is 12.2. The Labute approximate surface area is 155 Å². The van der Waals surface area contributed by atoms with Gasteiger partial charge in [-0.1, -0.05) is 30.3 Å². The van der Waals surface area contributed by atoms with Crippen molar-refractivity contribution < 1.29 is 0 Å². The van der Waals surface area contributed by atoms with Crippen molar-refractivity contribution in [2.24, 2.45) is 0 Å². The molecule has 132 valence electrons. The molecule has 0 aliphatic heterocycles. The molecule has 0 spiro atoms. The molecular weight excluding hydrogens is 366 g/mol. The summed E-state index contributed by atoms with van der Waals surface area (Å²) < 4.78 is 4.21. The normalized spacial score (nSPS) is 11.6. The van der Waals surface area contributed by atoms with Crippen LogP contribution in [0.3, 0.4) is 0 Å². The lowest BCUT2D eigenvalue weighted by Gasteiger charge is -2.07. The molecule has 0 atom stereocenters. The van der Waals surface area contributed by atoms with Crippen molar-refractivity contribution in [3.05, 3.63) is 57.6 Å². The zero-order valence-electron chi connectivity index (χ0n) is 13.6. The smallest absolute Gasteiger partial charge is 0.275 e. The van der Waals surface area contributed by atoms with Crippen LogP contribution in [0.25, 0.3) is 28.6 Å². The molecule has 1 aromatic carbocycles. The molecule has 0 aliphatic carbocycles. The van der Waals surface area contributed by atoms with Crippen molar-refractivity contribution in [2.45, 2.75) is 0 Å². The first kappa shape index (κ1) is 15.4. The van der Waals surface area contributed by atoms with Gasteiger partial charge in [-0.3, -0.25) is 4.79 Å². The monoisotopic (exact) mass is 377 g/mol. The summed E-state index contributed by atoms with van der Waals surface area (Å²) in [4.78, 5) is 30.0. The van der Waals surface area contributed by atoms with Crippen LogP contribution in [0, 0.1) is 4.77 Å². The third-order valence-electron chi connectivity index (χ3n) is 4.09. The van der Waals surface area contributed by atoms with E-state index in [1.807, 2.05) is 30.3 Å². The highest BCUT2D eigenvalue weighted by Gasteiger charge is 2.15. The van der Waals surface area contributed by atoms with Crippen molar-refractivity contribution in [2.75, 3.05) is 11.5 Å². The van der Waals surface area contributed by atoms with E-state index in [9.17, 15) is 4.79 Å². The fourth-order valence-electron chi connectivity index (χ4n) is 2.94. The first-order valence-corrected chi connectivity index (χ1v) is 8.26. The topological polar surface area (TPSA) is 134 Å². The predicted molar refractivity (Wildman–Crippen MR) is 102 cm³/mol. The molecule has 5 rings (SSSR count). The Morgan fingerprint density at radius 3 is 2.33 bits per heavy atom. The van der Waals surface area contributed by atoms with Crippen LogP contribution in [0.2, 0.25) is 0 Å². The van der Waals surface area contributed by atoms with Gasteiger partial charge in [0, 0.05) is 17.7 Å². The first-order valence-electron chi connectivity index (χ1n) is 7.86. The number of anilines is 2. The van der Waals surface area contributed by atoms with E-state index in [1.165, 1.54) is 25.6 Å². The Hall–Kier alpha value is -3.86. The number of hydrogen-bond donors (Lipinski definition) is 2. The third-order valence-corrected chi connectivity index (χ3v) is 4.45. The van der Waals surface area contributed by atoms with Gasteiger partial charge in [0.15, 0.2) is 0 Å². The number of rotatable bonds is 1. The van der Waals surface area contributed by atoms with Crippen LogP contribution in [-0.4, -0.2) is 33.4 Å². The van der Waals surface area contributed by atoms with E-state index < -0.39 is 0 Å². The molecule has 0 bridgehead atoms. The van der Waals surface area contributed by atoms with Gasteiger partial charge < -0.3 is 11.5 Å². The van der Waals surface area contributed by atoms with Gasteiger partial charge in [-0.2, -0.15) is 24.0 Å². The Kier molecular flexibility index (Phi) is 3.03. The number of benzene rings is 1. The van der Waals surface area contributed by atoms with Gasteiger partial charge in [-0.15, -0.1) is 0 Å². The Morgan fingerprint density at radius 1 is 0.852 bits per heavy atom. The number of fused-ring (bicyclic) bond motifs is 4. The number of nitrogens with zero attached hydrogens (tertiary/aromatic N) is 7. The van der Waals surface area contributed by atoms with Gasteiger partial charge in [-0.05, 0) is 12.2 Å². The van der Waals surface area contributed by atoms with E-state index >= 15 is 0 Å². The molecule has 4 heterocycles. The van der Waals surface area contributed by atoms with Gasteiger partial charge >= 0.3 is 0 Å². The summed E-state index contributed by atoms with van der Waals surface area (Å²) in [5, 5.41) is 0. The van der Waals surface area contributed by atoms with E-state index in [1.54, 1.807) is 0 Å². The molecule has 0 aliphatic rings. The largest absolute Gasteiger partial charge is 0.385 e. The molecule has 10 nitrogen and oxygen atoms in total. The summed E-state index contributed by atoms with van der Waals surface area (Å²) in [7, 11) is 0. The summed E-state index contributed by atoms with van der Waals surface area (Å²) >= 11 is 5.49. The molecule has 11 heteroatoms. The summed E-state index contributed by atoms with van der Waals surface area (Å²) in [6.45, 7) is 0. The quantitative estimate of drug-likeness (QED) is 0.412. The SMILES string of the molecule is Nc1cc(N)n2c(=S)n3c(nc2n1)nc1nc(-c2ccccc2)cc(=O)n13. The average molecular weight is 377 g/mol. The second-order valence-corrected chi connectivity index (χ2v) is 6.18. The van der Waals surface area contributed by atoms with Crippen molar-refractivity contribution in [1.82, 2.24) is 33.4 Å². The van der Waals surface area contributed by atoms with E-state index in [0.29, 0.717) is 5.69 Å². The molecule has 0 saturated carbocycles. The molecule has 5 aromatic rings. The van der Waals surface area contributed by atoms with Crippen molar-refractivity contribution in [3.63, 3.8) is 0 Å². The van der Waals surface area contributed by atoms with E-state index in [4.69, 9.17) is 23.7 Å². The van der Waals surface area contributed by atoms with Gasteiger partial charge in [0.2, 0.25) is 10.5 Å². The summed E-state index contributed by atoms with van der Waals surface area (Å²) in [5.74, 6) is 0.989. The van der Waals surface area contributed by atoms with Crippen LogP contribution in [-0.2, 0) is 0 Å². The zero-order valence-corrected chi connectivity index (χ0v) is 14.5. The number of nitrogens with two attached hydrogens (primary N) is 2. The predicted octanol–water partition coefficient (Wildman–Crippen LogP) is 0.946. The average Bonchev–Trinajstić information content (AvgIpc) is 3.00. The lowest BCUT2D eigenvalue weighted by Crippen LogP contribution is -2.20. The lowest BCUT2D eigenvalue weighted by molar-refractivity contribution is 0.762. The van der Waals surface area contributed by atoms with Gasteiger partial charge in [0.05, 0.1) is 5.69 Å². The Morgan fingerprint density at radius 2 is 1.56 bits per heavy atom. The van der Waals surface area contributed by atoms with Crippen LogP contribution >= 0.6 is 12.2 Å². The molecule has 0 fully saturated rings. The van der Waals surface area contributed by atoms with Crippen molar-refractivity contribution >= 4 is 41.2 Å². The summed E-state index contributed by atoms with van der Waals surface area (Å²) in [6.07, 6.45) is 0. The maximum absolute atomic E-state index is 12.8. The summed E-state index contributed by atoms with van der Waals surface area (Å²) in [5.41, 5.74) is 12.7. The fourth-order valence-corrected chi connectivity index (χ4v) is 3.29. The molecule has 27 heavy (non-hydrogen) atoms. The van der Waals surface area contributed by atoms with Crippen molar-refractivity contribution in [1.29, 1.82) is 0 Å². The van der Waals surface area contributed by atoms with Gasteiger partial charge in [0.25, 0.3) is 17.1 Å². The lowest BCUT2D eigenvalue weighted by atomic mass is 10.1. The minimum Gasteiger partial charge on any atom is -0.385 e. The molecule has 0 amide bonds. The second-order valence-electron chi connectivity index (χ2n) is 5.82. The molecule has 4 aromatic heterocycles. The van der Waals surface area contributed by atoms with Crippen LogP contribution in [0.15, 0.2) is 47.3 Å². The third kappa shape index (κ3) is 2.18. The Balaban J connectivity index is 1.93. The van der Waals surface area contributed by atoms with Crippen LogP contribution in [0.1, 0.15) is 0 Å². The van der Waals surface area contributed by atoms with Gasteiger partial charge in [0.1, 0.15) is 11.6 Å². The highest BCUT2D eigenvalue weighted by atomic mass is 32.1. The zero-order chi connectivity index (χ0) is 18.7. The molecule has 0 unspecified atom stereocenters. The number of aromatic nitrogens is 7. The highest BCUT2D eigenvalue weighted by molar-refractivity contribution is 7.71. The van der Waals surface area contributed by atoms with Crippen LogP contribution in [0.4, 0.5) is 11.6 Å². The molecule has 0 saturated heterocycles. The van der Waals surface area contributed by atoms with E-state index in [0.717, 1.165) is 5.56 Å². The second kappa shape index (κ2) is 5.32. The van der Waals surface area contributed by atoms with E-state index in [-0.39, 0.29) is 39.3 Å². The number of nitrogen functional groups attached to an aromatic ring is 2. The maximum atomic E-state index is 12.8. The highest BCUT2D eigenvalue weighted by Crippen LogP contribution is 2.17. The number of hydrogen-bond acceptors (Lipinski definition) is 8. The minimum atomic E-state index is -0.346. The first-order chi connectivity index (χ1) is 13.0. The standard InChI is InChI=1S/C16H11N9OS/c17-10-7-11(18)23-13(20-10)21-15-22-14-19-9(8-4-2-1-3-5-8)6-12(26)24(14)25(15)16(23)27/h1-7H,18H2,(H2,17,19,20,21,22). The maximum Gasteiger partial charge on any atom is 0.275 e. The molecule has 4 N–H and O–H groups in total. The van der Waals surface area contributed by atoms with Crippen molar-refractivity contribution in [3.8, 4) is 11.3 Å². The Bertz CT molecular complexity index is 1480. The molecule has 0 radical (unpaired) electrons. The van der Waals surface area contributed by atoms with Crippen LogP contribution in [0.5, 0.6) is 0 Å². The van der Waals surface area contributed by atoms with Gasteiger partial charge in [-0.25, -0.2) is 9.38 Å². The van der Waals surface area contributed by atoms with E-state index in [2.05, 4.69) is 19.9 Å². The molecular formula is C16H11N9OS. The fraction of sp³-hybridized carbons (Fsp3) is 0. The van der Waals surface area contributed by atoms with Crippen LogP contribution < -0.4 is 17.0 Å². The minimum absolute atomic E-state index is 0.169.